The van der Waals surface area contributed by atoms with Gasteiger partial charge in [-0.25, -0.2) is 4.79 Å². The van der Waals surface area contributed by atoms with Gasteiger partial charge in [-0.15, -0.1) is 0 Å². The van der Waals surface area contributed by atoms with Gasteiger partial charge in [0, 0.05) is 6.42 Å². The Balaban J connectivity index is 2.55. The summed E-state index contributed by atoms with van der Waals surface area (Å²) in [5.74, 6) is -0.402. The number of carbonyl (C=O) groups is 2. The van der Waals surface area contributed by atoms with Crippen LogP contribution in [-0.2, 0) is 4.79 Å². The van der Waals surface area contributed by atoms with Gasteiger partial charge in [-0.05, 0) is 24.3 Å². The van der Waals surface area contributed by atoms with Crippen LogP contribution in [0.5, 0.6) is 5.75 Å². The SMILES string of the molecule is O=CCCOc1ccc(C(=O)O)cc1. The average molecular weight is 194 g/mol. The fraction of sp³-hybridized carbons (Fsp3) is 0.200. The topological polar surface area (TPSA) is 63.6 Å². The molecule has 0 spiro atoms. The van der Waals surface area contributed by atoms with Crippen LogP contribution < -0.4 is 4.74 Å². The minimum absolute atomic E-state index is 0.215. The van der Waals surface area contributed by atoms with Crippen LogP contribution in [-0.4, -0.2) is 24.0 Å². The van der Waals surface area contributed by atoms with E-state index in [0.29, 0.717) is 18.8 Å². The van der Waals surface area contributed by atoms with Crippen molar-refractivity contribution in [2.45, 2.75) is 6.42 Å². The molecule has 1 aromatic rings. The zero-order chi connectivity index (χ0) is 10.4. The van der Waals surface area contributed by atoms with Crippen molar-refractivity contribution in [1.29, 1.82) is 0 Å². The number of ether oxygens (including phenoxy) is 1. The van der Waals surface area contributed by atoms with E-state index >= 15 is 0 Å². The van der Waals surface area contributed by atoms with Crippen LogP contribution in [0, 0.1) is 0 Å². The van der Waals surface area contributed by atoms with E-state index in [4.69, 9.17) is 9.84 Å². The highest BCUT2D eigenvalue weighted by Crippen LogP contribution is 2.11. The van der Waals surface area contributed by atoms with Gasteiger partial charge in [-0.3, -0.25) is 0 Å². The molecule has 1 aromatic carbocycles. The first-order valence-corrected chi connectivity index (χ1v) is 4.14. The Morgan fingerprint density at radius 3 is 2.50 bits per heavy atom. The number of carboxylic acids is 1. The molecule has 74 valence electrons. The summed E-state index contributed by atoms with van der Waals surface area (Å²) in [6, 6.07) is 6.04. The van der Waals surface area contributed by atoms with Crippen molar-refractivity contribution in [2.24, 2.45) is 0 Å². The van der Waals surface area contributed by atoms with Gasteiger partial charge in [0.15, 0.2) is 0 Å². The molecule has 0 amide bonds. The Bertz CT molecular complexity index is 315. The molecule has 0 aromatic heterocycles. The van der Waals surface area contributed by atoms with Gasteiger partial charge >= 0.3 is 5.97 Å². The third-order valence-electron chi connectivity index (χ3n) is 1.61. The second-order valence-electron chi connectivity index (χ2n) is 2.63. The Hall–Kier alpha value is -1.84. The predicted molar refractivity (Wildman–Crippen MR) is 49.6 cm³/mol. The van der Waals surface area contributed by atoms with Crippen molar-refractivity contribution < 1.29 is 19.4 Å². The van der Waals surface area contributed by atoms with E-state index in [-0.39, 0.29) is 5.56 Å². The lowest BCUT2D eigenvalue weighted by Crippen LogP contribution is -1.99. The number of carbonyl (C=O) groups excluding carboxylic acids is 1. The zero-order valence-corrected chi connectivity index (χ0v) is 7.47. The summed E-state index contributed by atoms with van der Waals surface area (Å²) in [7, 11) is 0. The lowest BCUT2D eigenvalue weighted by molar-refractivity contribution is -0.108. The summed E-state index contributed by atoms with van der Waals surface area (Å²) >= 11 is 0. The smallest absolute Gasteiger partial charge is 0.335 e. The number of carboxylic acid groups (broad SMARTS) is 1. The van der Waals surface area contributed by atoms with Gasteiger partial charge in [0.1, 0.15) is 12.0 Å². The first kappa shape index (κ1) is 10.2. The summed E-state index contributed by atoms with van der Waals surface area (Å²) in [5.41, 5.74) is 0.215. The van der Waals surface area contributed by atoms with Crippen LogP contribution in [0.1, 0.15) is 16.8 Å². The fourth-order valence-electron chi connectivity index (χ4n) is 0.919. The van der Waals surface area contributed by atoms with Gasteiger partial charge in [-0.2, -0.15) is 0 Å². The average Bonchev–Trinajstić information content (AvgIpc) is 2.19. The molecule has 4 nitrogen and oxygen atoms in total. The highest BCUT2D eigenvalue weighted by molar-refractivity contribution is 5.87. The van der Waals surface area contributed by atoms with Crippen LogP contribution in [0.3, 0.4) is 0 Å². The van der Waals surface area contributed by atoms with Crippen molar-refractivity contribution in [2.75, 3.05) is 6.61 Å². The quantitative estimate of drug-likeness (QED) is 0.567. The molecule has 0 atom stereocenters. The highest BCUT2D eigenvalue weighted by Gasteiger charge is 2.01. The predicted octanol–water partition coefficient (Wildman–Crippen LogP) is 1.35. The van der Waals surface area contributed by atoms with Gasteiger partial charge in [0.25, 0.3) is 0 Å². The second-order valence-corrected chi connectivity index (χ2v) is 2.63. The lowest BCUT2D eigenvalue weighted by Gasteiger charge is -2.03. The third kappa shape index (κ3) is 2.90. The Morgan fingerprint density at radius 1 is 1.36 bits per heavy atom. The fourth-order valence-corrected chi connectivity index (χ4v) is 0.919. The van der Waals surface area contributed by atoms with Crippen LogP contribution in [0.15, 0.2) is 24.3 Å². The molecule has 1 N–H and O–H groups in total. The number of aromatic carboxylic acids is 1. The molecule has 0 fully saturated rings. The number of hydrogen-bond donors (Lipinski definition) is 1. The summed E-state index contributed by atoms with van der Waals surface area (Å²) in [6.45, 7) is 0.315. The van der Waals surface area contributed by atoms with Crippen molar-refractivity contribution in [3.63, 3.8) is 0 Å². The van der Waals surface area contributed by atoms with E-state index in [1.807, 2.05) is 0 Å². The zero-order valence-electron chi connectivity index (χ0n) is 7.47. The Kier molecular flexibility index (Phi) is 3.67. The van der Waals surface area contributed by atoms with E-state index in [1.165, 1.54) is 12.1 Å². The maximum Gasteiger partial charge on any atom is 0.335 e. The highest BCUT2D eigenvalue weighted by atomic mass is 16.5. The summed E-state index contributed by atoms with van der Waals surface area (Å²) < 4.78 is 5.16. The summed E-state index contributed by atoms with van der Waals surface area (Å²) in [6.07, 6.45) is 1.10. The lowest BCUT2D eigenvalue weighted by atomic mass is 10.2. The van der Waals surface area contributed by atoms with E-state index in [0.717, 1.165) is 6.29 Å². The second kappa shape index (κ2) is 5.01. The Morgan fingerprint density at radius 2 is 2.00 bits per heavy atom. The van der Waals surface area contributed by atoms with Crippen molar-refractivity contribution >= 4 is 12.3 Å². The number of aldehydes is 1. The molecule has 0 saturated carbocycles. The molecule has 0 heterocycles. The van der Waals surface area contributed by atoms with Crippen molar-refractivity contribution in [3.05, 3.63) is 29.8 Å². The minimum Gasteiger partial charge on any atom is -0.493 e. The minimum atomic E-state index is -0.968. The molecule has 0 unspecified atom stereocenters. The van der Waals surface area contributed by atoms with Crippen LogP contribution in [0.4, 0.5) is 0 Å². The normalized spacial score (nSPS) is 9.43. The Labute approximate surface area is 81.1 Å². The molecule has 0 aliphatic heterocycles. The number of benzene rings is 1. The first-order chi connectivity index (χ1) is 6.74. The van der Waals surface area contributed by atoms with Gasteiger partial charge in [0.2, 0.25) is 0 Å². The molecular weight excluding hydrogens is 184 g/mol. The molecule has 14 heavy (non-hydrogen) atoms. The molecule has 0 aliphatic carbocycles. The number of rotatable bonds is 5. The number of hydrogen-bond acceptors (Lipinski definition) is 3. The monoisotopic (exact) mass is 194 g/mol. The molecule has 0 bridgehead atoms. The molecule has 0 saturated heterocycles. The molecule has 1 rings (SSSR count). The van der Waals surface area contributed by atoms with Crippen LogP contribution in [0.25, 0.3) is 0 Å². The molecule has 0 radical (unpaired) electrons. The van der Waals surface area contributed by atoms with E-state index in [1.54, 1.807) is 12.1 Å². The van der Waals surface area contributed by atoms with Crippen molar-refractivity contribution in [1.82, 2.24) is 0 Å². The molecule has 4 heteroatoms. The van der Waals surface area contributed by atoms with E-state index in [9.17, 15) is 9.59 Å². The van der Waals surface area contributed by atoms with Gasteiger partial charge in [0.05, 0.1) is 12.2 Å². The third-order valence-corrected chi connectivity index (χ3v) is 1.61. The summed E-state index contributed by atoms with van der Waals surface area (Å²) in [4.78, 5) is 20.5. The van der Waals surface area contributed by atoms with Crippen molar-refractivity contribution in [3.8, 4) is 5.75 Å². The van der Waals surface area contributed by atoms with E-state index < -0.39 is 5.97 Å². The van der Waals surface area contributed by atoms with Gasteiger partial charge < -0.3 is 14.6 Å². The van der Waals surface area contributed by atoms with E-state index in [2.05, 4.69) is 0 Å². The molecule has 0 aliphatic rings. The molecular formula is C10H10O4. The largest absolute Gasteiger partial charge is 0.493 e. The first-order valence-electron chi connectivity index (χ1n) is 4.14. The maximum absolute atomic E-state index is 10.5. The summed E-state index contributed by atoms with van der Waals surface area (Å²) in [5, 5.41) is 8.60. The van der Waals surface area contributed by atoms with Crippen LogP contribution >= 0.6 is 0 Å². The van der Waals surface area contributed by atoms with Crippen LogP contribution in [0.2, 0.25) is 0 Å². The van der Waals surface area contributed by atoms with Gasteiger partial charge in [-0.1, -0.05) is 0 Å². The maximum atomic E-state index is 10.5. The standard InChI is InChI=1S/C10H10O4/c11-6-1-7-14-9-4-2-8(3-5-9)10(12)13/h2-6H,1,7H2,(H,12,13).